The monoisotopic (exact) mass is 426 g/mol. The van der Waals surface area contributed by atoms with Gasteiger partial charge in [0.05, 0.1) is 13.2 Å². The molecule has 0 saturated heterocycles. The molecule has 1 heterocycles. The van der Waals surface area contributed by atoms with E-state index in [1.165, 1.54) is 0 Å². The molecule has 2 atom stereocenters. The number of methoxy groups -OCH3 is 1. The number of hydrogen-bond donors (Lipinski definition) is 1. The second kappa shape index (κ2) is 11.9. The average molecular weight is 427 g/mol. The maximum Gasteiger partial charge on any atom is 0.240 e. The molecular formula is C21H31ClN2O3S. The van der Waals surface area contributed by atoms with Gasteiger partial charge in [0.2, 0.25) is 5.91 Å². The number of carbonyl (C=O) groups is 1. The number of ether oxygens (including phenoxy) is 2. The fourth-order valence-corrected chi connectivity index (χ4v) is 3.36. The fraction of sp³-hybridized carbons (Fsp3) is 0.476. The molecular weight excluding hydrogens is 396 g/mol. The molecule has 0 spiro atoms. The third-order valence-electron chi connectivity index (χ3n) is 4.79. The van der Waals surface area contributed by atoms with Gasteiger partial charge >= 0.3 is 0 Å². The molecule has 28 heavy (non-hydrogen) atoms. The van der Waals surface area contributed by atoms with Crippen LogP contribution in [0.15, 0.2) is 35.7 Å². The summed E-state index contributed by atoms with van der Waals surface area (Å²) in [4.78, 5) is 15.6. The highest BCUT2D eigenvalue weighted by atomic mass is 35.5. The lowest BCUT2D eigenvalue weighted by molar-refractivity contribution is -0.134. The van der Waals surface area contributed by atoms with Crippen LogP contribution in [0.5, 0.6) is 11.5 Å². The van der Waals surface area contributed by atoms with E-state index < -0.39 is 6.04 Å². The van der Waals surface area contributed by atoms with Crippen LogP contribution in [0.1, 0.15) is 37.6 Å². The third-order valence-corrected chi connectivity index (χ3v) is 5.64. The summed E-state index contributed by atoms with van der Waals surface area (Å²) in [5, 5.41) is 2.03. The van der Waals surface area contributed by atoms with E-state index in [0.29, 0.717) is 31.2 Å². The van der Waals surface area contributed by atoms with Crippen LogP contribution in [0, 0.1) is 5.92 Å². The standard InChI is InChI=1S/C21H30N2O3S.ClH/c1-5-15(3)20(22)21(24)23(6-2)13-16-9-10-18(19(12-16)25-4)26-14-17-8-7-11-27-17;/h7-12,15,20H,5-6,13-14,22H2,1-4H3;1H. The first-order valence-electron chi connectivity index (χ1n) is 9.36. The summed E-state index contributed by atoms with van der Waals surface area (Å²) in [7, 11) is 1.62. The number of nitrogens with two attached hydrogens (primary N) is 1. The molecule has 2 aromatic rings. The maximum atomic E-state index is 12.7. The van der Waals surface area contributed by atoms with Crippen molar-refractivity contribution in [2.75, 3.05) is 13.7 Å². The number of rotatable bonds is 10. The van der Waals surface area contributed by atoms with E-state index in [-0.39, 0.29) is 24.2 Å². The Bertz CT molecular complexity index is 724. The first kappa shape index (κ1) is 24.3. The van der Waals surface area contributed by atoms with E-state index in [9.17, 15) is 4.79 Å². The van der Waals surface area contributed by atoms with Gasteiger partial charge in [-0.15, -0.1) is 23.7 Å². The van der Waals surface area contributed by atoms with Crippen LogP contribution in [-0.2, 0) is 17.9 Å². The molecule has 0 saturated carbocycles. The molecule has 1 amide bonds. The Kier molecular flexibility index (Phi) is 10.4. The molecule has 156 valence electrons. The first-order chi connectivity index (χ1) is 13.0. The molecule has 0 aliphatic carbocycles. The Morgan fingerprint density at radius 2 is 2.00 bits per heavy atom. The van der Waals surface area contributed by atoms with Gasteiger partial charge in [-0.05, 0) is 42.0 Å². The molecule has 7 heteroatoms. The van der Waals surface area contributed by atoms with Crippen LogP contribution in [-0.4, -0.2) is 30.5 Å². The van der Waals surface area contributed by atoms with Crippen molar-refractivity contribution >= 4 is 29.7 Å². The minimum Gasteiger partial charge on any atom is -0.493 e. The van der Waals surface area contributed by atoms with Crippen molar-refractivity contribution in [3.8, 4) is 11.5 Å². The lowest BCUT2D eigenvalue weighted by atomic mass is 9.98. The van der Waals surface area contributed by atoms with Gasteiger partial charge in [0, 0.05) is 18.0 Å². The highest BCUT2D eigenvalue weighted by molar-refractivity contribution is 7.09. The molecule has 1 aromatic carbocycles. The van der Waals surface area contributed by atoms with Crippen molar-refractivity contribution in [3.63, 3.8) is 0 Å². The summed E-state index contributed by atoms with van der Waals surface area (Å²) in [6, 6.07) is 9.37. The molecule has 0 aliphatic heterocycles. The van der Waals surface area contributed by atoms with Crippen molar-refractivity contribution in [1.29, 1.82) is 0 Å². The van der Waals surface area contributed by atoms with Crippen molar-refractivity contribution in [2.45, 2.75) is 46.4 Å². The number of amides is 1. The highest BCUT2D eigenvalue weighted by Gasteiger charge is 2.24. The number of thiophene rings is 1. The first-order valence-corrected chi connectivity index (χ1v) is 10.2. The van der Waals surface area contributed by atoms with E-state index in [1.54, 1.807) is 23.3 Å². The maximum absolute atomic E-state index is 12.7. The normalized spacial score (nSPS) is 12.6. The van der Waals surface area contributed by atoms with Gasteiger partial charge in [-0.25, -0.2) is 0 Å². The number of hydrogen-bond acceptors (Lipinski definition) is 5. The molecule has 2 N–H and O–H groups in total. The van der Waals surface area contributed by atoms with Crippen LogP contribution < -0.4 is 15.2 Å². The van der Waals surface area contributed by atoms with E-state index in [2.05, 4.69) is 0 Å². The van der Waals surface area contributed by atoms with E-state index >= 15 is 0 Å². The topological polar surface area (TPSA) is 64.8 Å². The molecule has 2 unspecified atom stereocenters. The molecule has 5 nitrogen and oxygen atoms in total. The minimum atomic E-state index is -0.467. The van der Waals surface area contributed by atoms with Crippen molar-refractivity contribution in [2.24, 2.45) is 11.7 Å². The van der Waals surface area contributed by atoms with E-state index in [0.717, 1.165) is 16.9 Å². The number of halogens is 1. The molecule has 0 fully saturated rings. The van der Waals surface area contributed by atoms with Crippen LogP contribution in [0.4, 0.5) is 0 Å². The zero-order valence-corrected chi connectivity index (χ0v) is 18.6. The summed E-state index contributed by atoms with van der Waals surface area (Å²) < 4.78 is 11.4. The number of nitrogens with zero attached hydrogens (tertiary/aromatic N) is 1. The second-order valence-electron chi connectivity index (χ2n) is 6.62. The number of carbonyl (C=O) groups excluding carboxylic acids is 1. The molecule has 0 bridgehead atoms. The fourth-order valence-electron chi connectivity index (χ4n) is 2.75. The molecule has 0 aliphatic rings. The number of benzene rings is 1. The smallest absolute Gasteiger partial charge is 0.240 e. The average Bonchev–Trinajstić information content (AvgIpc) is 3.22. The van der Waals surface area contributed by atoms with Crippen LogP contribution in [0.2, 0.25) is 0 Å². The molecule has 1 aromatic heterocycles. The van der Waals surface area contributed by atoms with Crippen LogP contribution in [0.25, 0.3) is 0 Å². The Balaban J connectivity index is 0.00000392. The Morgan fingerprint density at radius 3 is 2.57 bits per heavy atom. The van der Waals surface area contributed by atoms with E-state index in [4.69, 9.17) is 15.2 Å². The summed E-state index contributed by atoms with van der Waals surface area (Å²) in [6.07, 6.45) is 0.883. The van der Waals surface area contributed by atoms with Gasteiger partial charge in [-0.2, -0.15) is 0 Å². The predicted molar refractivity (Wildman–Crippen MR) is 117 cm³/mol. The highest BCUT2D eigenvalue weighted by Crippen LogP contribution is 2.30. The van der Waals surface area contributed by atoms with Gasteiger partial charge < -0.3 is 20.1 Å². The Labute approximate surface area is 178 Å². The molecule has 2 rings (SSSR count). The van der Waals surface area contributed by atoms with Crippen LogP contribution >= 0.6 is 23.7 Å². The zero-order valence-electron chi connectivity index (χ0n) is 17.0. The SMILES string of the molecule is CCC(C)C(N)C(=O)N(CC)Cc1ccc(OCc2cccs2)c(OC)c1.Cl. The second-order valence-corrected chi connectivity index (χ2v) is 7.65. The van der Waals surface area contributed by atoms with Crippen LogP contribution in [0.3, 0.4) is 0 Å². The lowest BCUT2D eigenvalue weighted by Gasteiger charge is -2.27. The Hall–Kier alpha value is -1.76. The lowest BCUT2D eigenvalue weighted by Crippen LogP contribution is -2.46. The summed E-state index contributed by atoms with van der Waals surface area (Å²) >= 11 is 1.66. The zero-order chi connectivity index (χ0) is 19.8. The van der Waals surface area contributed by atoms with Gasteiger partial charge in [-0.1, -0.05) is 32.4 Å². The van der Waals surface area contributed by atoms with Crippen molar-refractivity contribution < 1.29 is 14.3 Å². The summed E-state index contributed by atoms with van der Waals surface area (Å²) in [6.45, 7) is 7.66. The minimum absolute atomic E-state index is 0. The number of likely N-dealkylation sites (N-methyl/N-ethyl adjacent to an activating group) is 1. The Morgan fingerprint density at radius 1 is 1.25 bits per heavy atom. The van der Waals surface area contributed by atoms with Gasteiger partial charge in [-0.3, -0.25) is 4.79 Å². The van der Waals surface area contributed by atoms with Gasteiger partial charge in [0.25, 0.3) is 0 Å². The summed E-state index contributed by atoms with van der Waals surface area (Å²) in [5.41, 5.74) is 7.12. The van der Waals surface area contributed by atoms with E-state index in [1.807, 2.05) is 56.5 Å². The summed E-state index contributed by atoms with van der Waals surface area (Å²) in [5.74, 6) is 1.51. The van der Waals surface area contributed by atoms with Crippen molar-refractivity contribution in [1.82, 2.24) is 4.90 Å². The predicted octanol–water partition coefficient (Wildman–Crippen LogP) is 4.48. The third kappa shape index (κ3) is 6.40. The van der Waals surface area contributed by atoms with Gasteiger partial charge in [0.15, 0.2) is 11.5 Å². The van der Waals surface area contributed by atoms with Gasteiger partial charge in [0.1, 0.15) is 6.61 Å². The molecule has 0 radical (unpaired) electrons. The van der Waals surface area contributed by atoms with Crippen molar-refractivity contribution in [3.05, 3.63) is 46.2 Å². The largest absolute Gasteiger partial charge is 0.493 e. The quantitative estimate of drug-likeness (QED) is 0.608.